The van der Waals surface area contributed by atoms with Crippen molar-refractivity contribution >= 4 is 14.1 Å². The van der Waals surface area contributed by atoms with Gasteiger partial charge in [-0.3, -0.25) is 4.79 Å². The van der Waals surface area contributed by atoms with E-state index in [0.29, 0.717) is 23.2 Å². The van der Waals surface area contributed by atoms with E-state index in [4.69, 9.17) is 4.43 Å². The average Bonchev–Trinajstić information content (AvgIpc) is 2.82. The molecule has 0 heterocycles. The zero-order valence-corrected chi connectivity index (χ0v) is 17.9. The summed E-state index contributed by atoms with van der Waals surface area (Å²) >= 11 is 0. The average molecular weight is 361 g/mol. The Kier molecular flexibility index (Phi) is 4.16. The van der Waals surface area contributed by atoms with E-state index in [1.807, 2.05) is 0 Å². The number of allylic oxidation sites excluding steroid dienone is 1. The maximum atomic E-state index is 12.5. The number of fused-ring (bicyclic) bond motifs is 5. The zero-order valence-electron chi connectivity index (χ0n) is 16.9. The van der Waals surface area contributed by atoms with Crippen LogP contribution in [0.5, 0.6) is 0 Å². The maximum Gasteiger partial charge on any atom is 0.184 e. The number of hydrogen-bond acceptors (Lipinski definition) is 2. The predicted octanol–water partition coefficient (Wildman–Crippen LogP) is 5.74. The normalized spacial score (nSPS) is 46.9. The molecule has 3 saturated carbocycles. The Labute approximate surface area is 154 Å². The third-order valence-electron chi connectivity index (χ3n) is 8.29. The third kappa shape index (κ3) is 2.81. The van der Waals surface area contributed by atoms with E-state index in [1.165, 1.54) is 25.7 Å². The quantitative estimate of drug-likeness (QED) is 0.464. The van der Waals surface area contributed by atoms with E-state index in [0.717, 1.165) is 37.5 Å². The minimum Gasteiger partial charge on any atom is -0.414 e. The van der Waals surface area contributed by atoms with Crippen LogP contribution in [0.25, 0.3) is 0 Å². The van der Waals surface area contributed by atoms with E-state index in [2.05, 4.69) is 39.6 Å². The van der Waals surface area contributed by atoms with Crippen LogP contribution in [0.4, 0.5) is 0 Å². The monoisotopic (exact) mass is 360 g/mol. The van der Waals surface area contributed by atoms with Crippen molar-refractivity contribution in [3.05, 3.63) is 11.6 Å². The number of rotatable bonds is 2. The van der Waals surface area contributed by atoms with Gasteiger partial charge in [0.15, 0.2) is 8.32 Å². The van der Waals surface area contributed by atoms with Gasteiger partial charge in [0.25, 0.3) is 0 Å². The van der Waals surface area contributed by atoms with Gasteiger partial charge >= 0.3 is 0 Å². The van der Waals surface area contributed by atoms with Crippen molar-refractivity contribution in [3.8, 4) is 0 Å². The fraction of sp³-hybridized carbons (Fsp3) is 0.864. The zero-order chi connectivity index (χ0) is 18.0. The third-order valence-corrected chi connectivity index (χ3v) is 9.33. The molecular weight excluding hydrogens is 324 g/mol. The van der Waals surface area contributed by atoms with Crippen LogP contribution in [-0.2, 0) is 9.22 Å². The SMILES string of the molecule is CC12CCC3C(CC=C4C[C@@H](O[Si](C)(C)C)CCC43C)C1CCC2=O. The Morgan fingerprint density at radius 2 is 1.72 bits per heavy atom. The molecule has 4 aliphatic carbocycles. The molecule has 0 amide bonds. The highest BCUT2D eigenvalue weighted by Crippen LogP contribution is 2.64. The van der Waals surface area contributed by atoms with Gasteiger partial charge in [-0.15, -0.1) is 0 Å². The first-order chi connectivity index (χ1) is 11.6. The molecule has 0 aromatic carbocycles. The van der Waals surface area contributed by atoms with Gasteiger partial charge in [0, 0.05) is 17.9 Å². The van der Waals surface area contributed by atoms with Crippen LogP contribution in [0, 0.1) is 28.6 Å². The Bertz CT molecular complexity index is 604. The Morgan fingerprint density at radius 3 is 2.44 bits per heavy atom. The van der Waals surface area contributed by atoms with Crippen molar-refractivity contribution < 1.29 is 9.22 Å². The molecule has 0 spiro atoms. The summed E-state index contributed by atoms with van der Waals surface area (Å²) in [5.41, 5.74) is 2.06. The van der Waals surface area contributed by atoms with Crippen LogP contribution in [0.3, 0.4) is 0 Å². The fourth-order valence-electron chi connectivity index (χ4n) is 7.00. The van der Waals surface area contributed by atoms with Crippen molar-refractivity contribution in [1.82, 2.24) is 0 Å². The second-order valence-electron chi connectivity index (χ2n) is 10.8. The molecule has 0 aromatic heterocycles. The van der Waals surface area contributed by atoms with Crippen LogP contribution in [0.2, 0.25) is 19.6 Å². The largest absolute Gasteiger partial charge is 0.414 e. The number of Topliss-reactive ketones (excluding diaryl/α,β-unsaturated/α-hetero) is 1. The van der Waals surface area contributed by atoms with Crippen LogP contribution < -0.4 is 0 Å². The Morgan fingerprint density at radius 1 is 1.04 bits per heavy atom. The standard InChI is InChI=1S/C22H36O2Si/c1-21-12-10-16(24-25(3,4)5)14-15(21)6-7-17-18-8-9-20(23)22(18,2)13-11-19(17)21/h6,16-19H,7-14H2,1-5H3/t16-,17?,18?,19?,21?,22?/m0/s1. The predicted molar refractivity (Wildman–Crippen MR) is 105 cm³/mol. The highest BCUT2D eigenvalue weighted by atomic mass is 28.4. The topological polar surface area (TPSA) is 26.3 Å². The first kappa shape index (κ1) is 18.0. The van der Waals surface area contributed by atoms with E-state index in [-0.39, 0.29) is 5.41 Å². The molecule has 6 atom stereocenters. The van der Waals surface area contributed by atoms with Gasteiger partial charge in [-0.05, 0) is 87.8 Å². The van der Waals surface area contributed by atoms with Crippen molar-refractivity contribution in [2.75, 3.05) is 0 Å². The molecule has 3 fully saturated rings. The molecule has 0 N–H and O–H groups in total. The minimum absolute atomic E-state index is 0.00101. The second kappa shape index (κ2) is 5.79. The van der Waals surface area contributed by atoms with Gasteiger partial charge in [-0.25, -0.2) is 0 Å². The molecule has 140 valence electrons. The molecule has 0 saturated heterocycles. The summed E-state index contributed by atoms with van der Waals surface area (Å²) in [6, 6.07) is 0. The highest BCUT2D eigenvalue weighted by molar-refractivity contribution is 6.69. The molecule has 25 heavy (non-hydrogen) atoms. The molecular formula is C22H36O2Si. The first-order valence-corrected chi connectivity index (χ1v) is 13.9. The van der Waals surface area contributed by atoms with Gasteiger partial charge in [0.05, 0.1) is 0 Å². The molecule has 0 bridgehead atoms. The second-order valence-corrected chi connectivity index (χ2v) is 15.2. The van der Waals surface area contributed by atoms with Crippen LogP contribution >= 0.6 is 0 Å². The van der Waals surface area contributed by atoms with E-state index in [1.54, 1.807) is 5.57 Å². The lowest BCUT2D eigenvalue weighted by Crippen LogP contribution is -2.51. The lowest BCUT2D eigenvalue weighted by Gasteiger charge is -2.57. The number of hydrogen-bond donors (Lipinski definition) is 0. The van der Waals surface area contributed by atoms with Crippen molar-refractivity contribution in [3.63, 3.8) is 0 Å². The first-order valence-electron chi connectivity index (χ1n) is 10.5. The maximum absolute atomic E-state index is 12.5. The molecule has 5 unspecified atom stereocenters. The molecule has 0 aromatic rings. The smallest absolute Gasteiger partial charge is 0.184 e. The summed E-state index contributed by atoms with van der Waals surface area (Å²) < 4.78 is 6.46. The molecule has 2 nitrogen and oxygen atoms in total. The van der Waals surface area contributed by atoms with Gasteiger partial charge in [-0.2, -0.15) is 0 Å². The van der Waals surface area contributed by atoms with Crippen molar-refractivity contribution in [2.45, 2.75) is 91.0 Å². The summed E-state index contributed by atoms with van der Waals surface area (Å²) in [5.74, 6) is 2.74. The number of ketones is 1. The summed E-state index contributed by atoms with van der Waals surface area (Å²) in [6.45, 7) is 11.8. The minimum atomic E-state index is -1.46. The summed E-state index contributed by atoms with van der Waals surface area (Å²) in [7, 11) is -1.46. The van der Waals surface area contributed by atoms with Crippen LogP contribution in [0.1, 0.15) is 65.2 Å². The Hall–Kier alpha value is -0.413. The molecule has 3 heteroatoms. The number of carbonyl (C=O) groups excluding carboxylic acids is 1. The Balaban J connectivity index is 1.57. The van der Waals surface area contributed by atoms with E-state index < -0.39 is 8.32 Å². The molecule has 0 aliphatic heterocycles. The summed E-state index contributed by atoms with van der Waals surface area (Å²) in [4.78, 5) is 12.5. The van der Waals surface area contributed by atoms with Crippen molar-refractivity contribution in [1.29, 1.82) is 0 Å². The molecule has 4 rings (SSSR count). The van der Waals surface area contributed by atoms with Crippen LogP contribution in [-0.4, -0.2) is 20.2 Å². The van der Waals surface area contributed by atoms with E-state index >= 15 is 0 Å². The molecule has 0 radical (unpaired) electrons. The van der Waals surface area contributed by atoms with E-state index in [9.17, 15) is 4.79 Å². The van der Waals surface area contributed by atoms with Crippen LogP contribution in [0.15, 0.2) is 11.6 Å². The van der Waals surface area contributed by atoms with Gasteiger partial charge in [0.2, 0.25) is 0 Å². The molecule has 4 aliphatic rings. The van der Waals surface area contributed by atoms with Gasteiger partial charge in [-0.1, -0.05) is 25.5 Å². The lowest BCUT2D eigenvalue weighted by molar-refractivity contribution is -0.131. The van der Waals surface area contributed by atoms with Gasteiger partial charge in [0.1, 0.15) is 5.78 Å². The summed E-state index contributed by atoms with van der Waals surface area (Å²) in [6.07, 6.45) is 12.3. The lowest BCUT2D eigenvalue weighted by atomic mass is 9.48. The number of carbonyl (C=O) groups is 1. The fourth-order valence-corrected chi connectivity index (χ4v) is 8.20. The summed E-state index contributed by atoms with van der Waals surface area (Å²) in [5, 5.41) is 0. The van der Waals surface area contributed by atoms with Crippen molar-refractivity contribution in [2.24, 2.45) is 28.6 Å². The van der Waals surface area contributed by atoms with Gasteiger partial charge < -0.3 is 4.43 Å². The highest BCUT2D eigenvalue weighted by Gasteiger charge is 2.58.